The van der Waals surface area contributed by atoms with Gasteiger partial charge in [0.05, 0.1) is 11.6 Å². The van der Waals surface area contributed by atoms with Gasteiger partial charge in [0.25, 0.3) is 0 Å². The normalized spacial score (nSPS) is 11.0. The third-order valence-corrected chi connectivity index (χ3v) is 4.01. The third-order valence-electron chi connectivity index (χ3n) is 4.01. The lowest BCUT2D eigenvalue weighted by Crippen LogP contribution is -1.91. The lowest BCUT2D eigenvalue weighted by atomic mass is 9.92. The Labute approximate surface area is 135 Å². The quantitative estimate of drug-likeness (QED) is 0.704. The highest BCUT2D eigenvalue weighted by Crippen LogP contribution is 2.35. The van der Waals surface area contributed by atoms with Crippen LogP contribution in [0.3, 0.4) is 0 Å². The summed E-state index contributed by atoms with van der Waals surface area (Å²) in [5, 5.41) is 20.4. The number of nitriles is 1. The van der Waals surface area contributed by atoms with Crippen LogP contribution in [-0.2, 0) is 0 Å². The third kappa shape index (κ3) is 2.58. The molecule has 0 saturated carbocycles. The molecule has 1 heterocycles. The molecule has 23 heavy (non-hydrogen) atoms. The van der Waals surface area contributed by atoms with Crippen molar-refractivity contribution in [2.45, 2.75) is 13.8 Å². The number of aromatic nitrogens is 2. The average molecular weight is 302 g/mol. The van der Waals surface area contributed by atoms with Gasteiger partial charge < -0.3 is 5.32 Å². The maximum Gasteiger partial charge on any atom is 0.155 e. The van der Waals surface area contributed by atoms with Crippen molar-refractivity contribution in [1.82, 2.24) is 10.2 Å². The number of hydrogen-bond donors (Lipinski definition) is 2. The van der Waals surface area contributed by atoms with Crippen LogP contribution in [0.4, 0.5) is 5.82 Å². The van der Waals surface area contributed by atoms with Gasteiger partial charge in [0.2, 0.25) is 0 Å². The molecule has 0 saturated heterocycles. The summed E-state index contributed by atoms with van der Waals surface area (Å²) in [6.07, 6.45) is 3.34. The highest BCUT2D eigenvalue weighted by atomic mass is 15.2. The summed E-state index contributed by atoms with van der Waals surface area (Å²) >= 11 is 0. The first-order chi connectivity index (χ1) is 11.2. The van der Waals surface area contributed by atoms with Crippen molar-refractivity contribution < 1.29 is 0 Å². The fourth-order valence-corrected chi connectivity index (χ4v) is 3.09. The van der Waals surface area contributed by atoms with Gasteiger partial charge in [-0.25, -0.2) is 0 Å². The SMILES string of the molecule is CNc1n[nH]c2c(-c3c(C)cc(/C=C/C#N)cc3C)cccc12. The van der Waals surface area contributed by atoms with Crippen LogP contribution in [0.15, 0.2) is 36.4 Å². The van der Waals surface area contributed by atoms with Crippen molar-refractivity contribution in [3.63, 3.8) is 0 Å². The van der Waals surface area contributed by atoms with E-state index in [2.05, 4.69) is 59.7 Å². The Morgan fingerprint density at radius 2 is 1.96 bits per heavy atom. The second-order valence-corrected chi connectivity index (χ2v) is 5.54. The van der Waals surface area contributed by atoms with E-state index in [0.717, 1.165) is 27.8 Å². The van der Waals surface area contributed by atoms with E-state index < -0.39 is 0 Å². The summed E-state index contributed by atoms with van der Waals surface area (Å²) in [4.78, 5) is 0. The molecule has 1 aromatic heterocycles. The van der Waals surface area contributed by atoms with Crippen LogP contribution in [0.5, 0.6) is 0 Å². The molecule has 0 fully saturated rings. The number of aryl methyl sites for hydroxylation is 2. The molecule has 3 aromatic rings. The van der Waals surface area contributed by atoms with Crippen LogP contribution < -0.4 is 5.32 Å². The molecule has 0 unspecified atom stereocenters. The highest BCUT2D eigenvalue weighted by Gasteiger charge is 2.13. The molecular formula is C19H18N4. The number of rotatable bonds is 3. The molecule has 0 aliphatic carbocycles. The summed E-state index contributed by atoms with van der Waals surface area (Å²) < 4.78 is 0. The first-order valence-corrected chi connectivity index (χ1v) is 7.48. The van der Waals surface area contributed by atoms with E-state index in [4.69, 9.17) is 5.26 Å². The number of allylic oxidation sites excluding steroid dienone is 1. The lowest BCUT2D eigenvalue weighted by Gasteiger charge is -2.12. The molecule has 0 radical (unpaired) electrons. The van der Waals surface area contributed by atoms with Gasteiger partial charge in [0.1, 0.15) is 0 Å². The van der Waals surface area contributed by atoms with Crippen molar-refractivity contribution in [3.05, 3.63) is 53.1 Å². The van der Waals surface area contributed by atoms with Gasteiger partial charge in [-0.15, -0.1) is 0 Å². The number of para-hydroxylation sites is 1. The van der Waals surface area contributed by atoms with Gasteiger partial charge in [-0.05, 0) is 48.2 Å². The van der Waals surface area contributed by atoms with Crippen LogP contribution >= 0.6 is 0 Å². The Kier molecular flexibility index (Phi) is 3.86. The van der Waals surface area contributed by atoms with Gasteiger partial charge in [-0.1, -0.05) is 24.3 Å². The lowest BCUT2D eigenvalue weighted by molar-refractivity contribution is 1.11. The smallest absolute Gasteiger partial charge is 0.155 e. The predicted molar refractivity (Wildman–Crippen MR) is 95.2 cm³/mol. The zero-order valence-electron chi connectivity index (χ0n) is 13.4. The van der Waals surface area contributed by atoms with Crippen LogP contribution in [0.2, 0.25) is 0 Å². The standard InChI is InChI=1S/C19H18N4/c1-12-10-14(6-5-9-20)11-13(2)17(12)15-7-4-8-16-18(15)22-23-19(16)21-3/h4-8,10-11H,1-3H3,(H2,21,22,23)/b6-5+. The van der Waals surface area contributed by atoms with Crippen molar-refractivity contribution in [3.8, 4) is 17.2 Å². The zero-order chi connectivity index (χ0) is 16.4. The monoisotopic (exact) mass is 302 g/mol. The number of H-pyrrole nitrogens is 1. The minimum absolute atomic E-state index is 0.853. The minimum atomic E-state index is 0.853. The average Bonchev–Trinajstić information content (AvgIpc) is 2.96. The summed E-state index contributed by atoms with van der Waals surface area (Å²) in [6.45, 7) is 4.19. The minimum Gasteiger partial charge on any atom is -0.371 e. The topological polar surface area (TPSA) is 64.5 Å². The first-order valence-electron chi connectivity index (χ1n) is 7.48. The van der Waals surface area contributed by atoms with E-state index in [0.29, 0.717) is 0 Å². The van der Waals surface area contributed by atoms with Crippen molar-refractivity contribution >= 4 is 22.8 Å². The van der Waals surface area contributed by atoms with Gasteiger partial charge in [-0.3, -0.25) is 5.10 Å². The Morgan fingerprint density at radius 3 is 2.61 bits per heavy atom. The maximum atomic E-state index is 8.69. The maximum absolute atomic E-state index is 8.69. The fourth-order valence-electron chi connectivity index (χ4n) is 3.09. The van der Waals surface area contributed by atoms with Crippen LogP contribution in [-0.4, -0.2) is 17.2 Å². The number of nitrogens with zero attached hydrogens (tertiary/aromatic N) is 2. The van der Waals surface area contributed by atoms with Gasteiger partial charge in [0, 0.05) is 24.1 Å². The van der Waals surface area contributed by atoms with Crippen LogP contribution in [0.25, 0.3) is 28.1 Å². The van der Waals surface area contributed by atoms with Crippen LogP contribution in [0, 0.1) is 25.2 Å². The molecule has 4 heteroatoms. The van der Waals surface area contributed by atoms with Crippen molar-refractivity contribution in [1.29, 1.82) is 5.26 Å². The van der Waals surface area contributed by atoms with Gasteiger partial charge in [0.15, 0.2) is 5.82 Å². The Morgan fingerprint density at radius 1 is 1.22 bits per heavy atom. The molecule has 0 atom stereocenters. The summed E-state index contributed by atoms with van der Waals surface area (Å²) in [6, 6.07) is 12.5. The zero-order valence-corrected chi connectivity index (χ0v) is 13.4. The van der Waals surface area contributed by atoms with Gasteiger partial charge >= 0.3 is 0 Å². The number of fused-ring (bicyclic) bond motifs is 1. The second kappa shape index (κ2) is 5.98. The summed E-state index contributed by atoms with van der Waals surface area (Å²) in [5.41, 5.74) is 6.77. The Balaban J connectivity index is 2.22. The molecule has 2 N–H and O–H groups in total. The largest absolute Gasteiger partial charge is 0.371 e. The number of anilines is 1. The van der Waals surface area contributed by atoms with Crippen LogP contribution in [0.1, 0.15) is 16.7 Å². The first kappa shape index (κ1) is 14.9. The Bertz CT molecular complexity index is 919. The number of aromatic amines is 1. The molecule has 0 amide bonds. The molecule has 2 aromatic carbocycles. The van der Waals surface area contributed by atoms with E-state index in [1.165, 1.54) is 22.8 Å². The summed E-state index contributed by atoms with van der Waals surface area (Å²) in [5.74, 6) is 0.853. The second-order valence-electron chi connectivity index (χ2n) is 5.54. The fraction of sp³-hybridized carbons (Fsp3) is 0.158. The molecule has 3 rings (SSSR count). The molecule has 0 bridgehead atoms. The number of benzene rings is 2. The van der Waals surface area contributed by atoms with E-state index >= 15 is 0 Å². The van der Waals surface area contributed by atoms with Gasteiger partial charge in [-0.2, -0.15) is 10.4 Å². The molecule has 114 valence electrons. The number of hydrogen-bond acceptors (Lipinski definition) is 3. The highest BCUT2D eigenvalue weighted by molar-refractivity contribution is 6.00. The molecule has 0 aliphatic rings. The predicted octanol–water partition coefficient (Wildman–Crippen LogP) is 4.43. The molecule has 0 aliphatic heterocycles. The molecule has 0 spiro atoms. The van der Waals surface area contributed by atoms with E-state index in [-0.39, 0.29) is 0 Å². The number of nitrogens with one attached hydrogen (secondary N) is 2. The van der Waals surface area contributed by atoms with E-state index in [1.807, 2.05) is 19.2 Å². The van der Waals surface area contributed by atoms with E-state index in [9.17, 15) is 0 Å². The molecule has 4 nitrogen and oxygen atoms in total. The van der Waals surface area contributed by atoms with Crippen molar-refractivity contribution in [2.75, 3.05) is 12.4 Å². The van der Waals surface area contributed by atoms with E-state index in [1.54, 1.807) is 0 Å². The van der Waals surface area contributed by atoms with Crippen molar-refractivity contribution in [2.24, 2.45) is 0 Å². The summed E-state index contributed by atoms with van der Waals surface area (Å²) in [7, 11) is 1.87. The Hall–Kier alpha value is -3.06. The molecular weight excluding hydrogens is 284 g/mol.